The fraction of sp³-hybridized carbons (Fsp3) is 0.474. The second-order valence-electron chi connectivity index (χ2n) is 6.23. The van der Waals surface area contributed by atoms with Crippen LogP contribution < -0.4 is 14.8 Å². The lowest BCUT2D eigenvalue weighted by Gasteiger charge is -2.25. The van der Waals surface area contributed by atoms with Gasteiger partial charge in [-0.25, -0.2) is 4.98 Å². The van der Waals surface area contributed by atoms with Gasteiger partial charge in [-0.05, 0) is 51.1 Å². The number of hydrogen-bond donors (Lipinski definition) is 1. The van der Waals surface area contributed by atoms with Crippen LogP contribution in [0.5, 0.6) is 11.5 Å². The number of rotatable bonds is 7. The topological polar surface area (TPSA) is 63.7 Å². The summed E-state index contributed by atoms with van der Waals surface area (Å²) in [6, 6.07) is 5.16. The van der Waals surface area contributed by atoms with E-state index in [0.29, 0.717) is 28.8 Å². The standard InChI is InChI=1S/C19H25N3O3S/c1-3-25-17-11-14(7-8-16(17)24-2)18(23)21-19-20-15(13-26-19)12-22-9-5-4-6-10-22/h7-8,11,13H,3-6,9-10,12H2,1-2H3,(H,20,21,23). The molecule has 2 aromatic rings. The van der Waals surface area contributed by atoms with Gasteiger partial charge in [0.25, 0.3) is 5.91 Å². The van der Waals surface area contributed by atoms with Crippen LogP contribution in [-0.4, -0.2) is 42.6 Å². The molecule has 1 fully saturated rings. The molecule has 0 aliphatic carbocycles. The zero-order chi connectivity index (χ0) is 18.4. The first-order valence-corrected chi connectivity index (χ1v) is 9.86. The lowest BCUT2D eigenvalue weighted by atomic mass is 10.1. The first kappa shape index (κ1) is 18.7. The molecule has 26 heavy (non-hydrogen) atoms. The predicted octanol–water partition coefficient (Wildman–Crippen LogP) is 3.79. The number of carbonyl (C=O) groups is 1. The number of nitrogens with one attached hydrogen (secondary N) is 1. The number of carbonyl (C=O) groups excluding carboxylic acids is 1. The molecule has 140 valence electrons. The van der Waals surface area contributed by atoms with E-state index in [4.69, 9.17) is 9.47 Å². The zero-order valence-electron chi connectivity index (χ0n) is 15.3. The Hall–Kier alpha value is -2.12. The molecule has 1 saturated heterocycles. The van der Waals surface area contributed by atoms with Gasteiger partial charge < -0.3 is 9.47 Å². The highest BCUT2D eigenvalue weighted by Crippen LogP contribution is 2.28. The van der Waals surface area contributed by atoms with E-state index in [-0.39, 0.29) is 5.91 Å². The van der Waals surface area contributed by atoms with Crippen LogP contribution in [-0.2, 0) is 6.54 Å². The molecule has 1 aromatic heterocycles. The molecule has 3 rings (SSSR count). The minimum Gasteiger partial charge on any atom is -0.493 e. The normalized spacial score (nSPS) is 14.8. The SMILES string of the molecule is CCOc1cc(C(=O)Nc2nc(CN3CCCCC3)cs2)ccc1OC. The van der Waals surface area contributed by atoms with Crippen molar-refractivity contribution in [2.24, 2.45) is 0 Å². The van der Waals surface area contributed by atoms with Crippen molar-refractivity contribution in [3.8, 4) is 11.5 Å². The summed E-state index contributed by atoms with van der Waals surface area (Å²) in [4.78, 5) is 19.5. The Kier molecular flexibility index (Phi) is 6.46. The molecule has 0 unspecified atom stereocenters. The van der Waals surface area contributed by atoms with Gasteiger partial charge in [0.2, 0.25) is 0 Å². The molecule has 1 aliphatic rings. The highest BCUT2D eigenvalue weighted by molar-refractivity contribution is 7.13. The van der Waals surface area contributed by atoms with Crippen molar-refractivity contribution in [1.82, 2.24) is 9.88 Å². The van der Waals surface area contributed by atoms with Gasteiger partial charge in [0.1, 0.15) is 0 Å². The monoisotopic (exact) mass is 375 g/mol. The minimum atomic E-state index is -0.201. The quantitative estimate of drug-likeness (QED) is 0.798. The number of hydrogen-bond acceptors (Lipinski definition) is 6. The fourth-order valence-electron chi connectivity index (χ4n) is 3.04. The number of benzene rings is 1. The molecule has 2 heterocycles. The van der Waals surface area contributed by atoms with Gasteiger partial charge in [-0.1, -0.05) is 6.42 Å². The Balaban J connectivity index is 1.63. The number of anilines is 1. The third kappa shape index (κ3) is 4.74. The van der Waals surface area contributed by atoms with Crippen LogP contribution in [0.4, 0.5) is 5.13 Å². The lowest BCUT2D eigenvalue weighted by molar-refractivity contribution is 0.102. The van der Waals surface area contributed by atoms with Gasteiger partial charge in [-0.2, -0.15) is 0 Å². The number of piperidine rings is 1. The molecule has 1 amide bonds. The van der Waals surface area contributed by atoms with E-state index in [0.717, 1.165) is 25.3 Å². The number of methoxy groups -OCH3 is 1. The number of thiazole rings is 1. The molecule has 1 N–H and O–H groups in total. The number of amides is 1. The molecular formula is C19H25N3O3S. The Morgan fingerprint density at radius 1 is 1.27 bits per heavy atom. The molecule has 7 heteroatoms. The highest BCUT2D eigenvalue weighted by atomic mass is 32.1. The van der Waals surface area contributed by atoms with Crippen molar-refractivity contribution in [1.29, 1.82) is 0 Å². The summed E-state index contributed by atoms with van der Waals surface area (Å²) in [6.07, 6.45) is 3.83. The highest BCUT2D eigenvalue weighted by Gasteiger charge is 2.15. The van der Waals surface area contributed by atoms with E-state index in [9.17, 15) is 4.79 Å². The van der Waals surface area contributed by atoms with Crippen LogP contribution >= 0.6 is 11.3 Å². The largest absolute Gasteiger partial charge is 0.493 e. The minimum absolute atomic E-state index is 0.201. The van der Waals surface area contributed by atoms with Gasteiger partial charge in [-0.15, -0.1) is 11.3 Å². The maximum atomic E-state index is 12.5. The van der Waals surface area contributed by atoms with E-state index in [1.165, 1.54) is 30.6 Å². The Morgan fingerprint density at radius 3 is 2.81 bits per heavy atom. The van der Waals surface area contributed by atoms with E-state index < -0.39 is 0 Å². The van der Waals surface area contributed by atoms with Gasteiger partial charge in [0.05, 0.1) is 19.4 Å². The molecule has 0 atom stereocenters. The van der Waals surface area contributed by atoms with Crippen molar-refractivity contribution in [2.45, 2.75) is 32.7 Å². The van der Waals surface area contributed by atoms with E-state index in [1.807, 2.05) is 12.3 Å². The lowest BCUT2D eigenvalue weighted by Crippen LogP contribution is -2.29. The summed E-state index contributed by atoms with van der Waals surface area (Å²) in [6.45, 7) is 5.51. The van der Waals surface area contributed by atoms with Crippen molar-refractivity contribution in [3.05, 3.63) is 34.8 Å². The van der Waals surface area contributed by atoms with E-state index in [1.54, 1.807) is 25.3 Å². The summed E-state index contributed by atoms with van der Waals surface area (Å²) >= 11 is 1.46. The summed E-state index contributed by atoms with van der Waals surface area (Å²) < 4.78 is 10.8. The van der Waals surface area contributed by atoms with E-state index >= 15 is 0 Å². The molecule has 0 spiro atoms. The number of nitrogens with zero attached hydrogens (tertiary/aromatic N) is 2. The van der Waals surface area contributed by atoms with Crippen LogP contribution in [0.15, 0.2) is 23.6 Å². The first-order valence-electron chi connectivity index (χ1n) is 8.98. The van der Waals surface area contributed by atoms with Gasteiger partial charge in [0.15, 0.2) is 16.6 Å². The van der Waals surface area contributed by atoms with Crippen molar-refractivity contribution in [2.75, 3.05) is 32.1 Å². The first-order chi connectivity index (χ1) is 12.7. The summed E-state index contributed by atoms with van der Waals surface area (Å²) in [5.41, 5.74) is 1.53. The third-order valence-electron chi connectivity index (χ3n) is 4.33. The van der Waals surface area contributed by atoms with Crippen LogP contribution in [0.1, 0.15) is 42.2 Å². The van der Waals surface area contributed by atoms with E-state index in [2.05, 4.69) is 15.2 Å². The Labute approximate surface area is 158 Å². The average molecular weight is 375 g/mol. The zero-order valence-corrected chi connectivity index (χ0v) is 16.1. The van der Waals surface area contributed by atoms with Crippen LogP contribution in [0.2, 0.25) is 0 Å². The third-order valence-corrected chi connectivity index (χ3v) is 5.14. The molecule has 0 radical (unpaired) electrons. The number of likely N-dealkylation sites (tertiary alicyclic amines) is 1. The molecule has 0 saturated carbocycles. The van der Waals surface area contributed by atoms with Gasteiger partial charge in [-0.3, -0.25) is 15.0 Å². The Morgan fingerprint density at radius 2 is 2.08 bits per heavy atom. The maximum absolute atomic E-state index is 12.5. The fourth-order valence-corrected chi connectivity index (χ4v) is 3.74. The van der Waals surface area contributed by atoms with Gasteiger partial charge >= 0.3 is 0 Å². The van der Waals surface area contributed by atoms with Crippen LogP contribution in [0.25, 0.3) is 0 Å². The predicted molar refractivity (Wildman–Crippen MR) is 103 cm³/mol. The summed E-state index contributed by atoms with van der Waals surface area (Å²) in [5.74, 6) is 0.974. The van der Waals surface area contributed by atoms with Crippen LogP contribution in [0, 0.1) is 0 Å². The maximum Gasteiger partial charge on any atom is 0.257 e. The summed E-state index contributed by atoms with van der Waals surface area (Å²) in [7, 11) is 1.58. The number of aromatic nitrogens is 1. The van der Waals surface area contributed by atoms with Crippen molar-refractivity contribution in [3.63, 3.8) is 0 Å². The smallest absolute Gasteiger partial charge is 0.257 e. The number of ether oxygens (including phenoxy) is 2. The van der Waals surface area contributed by atoms with Crippen molar-refractivity contribution < 1.29 is 14.3 Å². The van der Waals surface area contributed by atoms with Crippen LogP contribution in [0.3, 0.4) is 0 Å². The molecule has 1 aromatic carbocycles. The second kappa shape index (κ2) is 9.00. The Bertz CT molecular complexity index is 741. The second-order valence-corrected chi connectivity index (χ2v) is 7.09. The summed E-state index contributed by atoms with van der Waals surface area (Å²) in [5, 5.41) is 5.52. The van der Waals surface area contributed by atoms with Gasteiger partial charge in [0, 0.05) is 17.5 Å². The molecular weight excluding hydrogens is 350 g/mol. The average Bonchev–Trinajstić information content (AvgIpc) is 3.09. The molecule has 0 bridgehead atoms. The molecule has 6 nitrogen and oxygen atoms in total. The molecule has 1 aliphatic heterocycles. The van der Waals surface area contributed by atoms with Crippen molar-refractivity contribution >= 4 is 22.4 Å².